The molecule has 1 saturated carbocycles. The minimum absolute atomic E-state index is 0.00853. The standard InChI is InChI=1S/C14H19IN2O/c15-12-6-11(7-13(16)8-12)14(18)17-9-10-4-2-1-3-5-10/h6-8,10H,1-5,9,16H2,(H,17,18). The van der Waals surface area contributed by atoms with Crippen molar-refractivity contribution in [3.63, 3.8) is 0 Å². The minimum Gasteiger partial charge on any atom is -0.399 e. The van der Waals surface area contributed by atoms with Crippen molar-refractivity contribution in [1.29, 1.82) is 0 Å². The van der Waals surface area contributed by atoms with E-state index in [1.54, 1.807) is 6.07 Å². The summed E-state index contributed by atoms with van der Waals surface area (Å²) in [5.41, 5.74) is 7.06. The fraction of sp³-hybridized carbons (Fsp3) is 0.500. The Balaban J connectivity index is 1.90. The molecule has 0 bridgehead atoms. The van der Waals surface area contributed by atoms with Gasteiger partial charge in [0, 0.05) is 21.4 Å². The van der Waals surface area contributed by atoms with Crippen LogP contribution in [0.2, 0.25) is 0 Å². The van der Waals surface area contributed by atoms with Gasteiger partial charge in [-0.1, -0.05) is 19.3 Å². The number of benzene rings is 1. The third-order valence-electron chi connectivity index (χ3n) is 3.46. The van der Waals surface area contributed by atoms with E-state index in [2.05, 4.69) is 27.9 Å². The summed E-state index contributed by atoms with van der Waals surface area (Å²) < 4.78 is 0.996. The Morgan fingerprint density at radius 3 is 2.67 bits per heavy atom. The second kappa shape index (κ2) is 6.41. The number of amides is 1. The van der Waals surface area contributed by atoms with Gasteiger partial charge in [-0.3, -0.25) is 4.79 Å². The number of nitrogens with one attached hydrogen (secondary N) is 1. The van der Waals surface area contributed by atoms with E-state index in [1.807, 2.05) is 12.1 Å². The van der Waals surface area contributed by atoms with Crippen LogP contribution in [-0.2, 0) is 0 Å². The molecule has 4 heteroatoms. The van der Waals surface area contributed by atoms with E-state index < -0.39 is 0 Å². The van der Waals surface area contributed by atoms with Crippen LogP contribution in [-0.4, -0.2) is 12.5 Å². The third-order valence-corrected chi connectivity index (χ3v) is 4.08. The summed E-state index contributed by atoms with van der Waals surface area (Å²) in [4.78, 5) is 12.0. The number of nitrogen functional groups attached to an aromatic ring is 1. The van der Waals surface area contributed by atoms with Gasteiger partial charge in [-0.15, -0.1) is 0 Å². The first-order valence-electron chi connectivity index (χ1n) is 6.49. The van der Waals surface area contributed by atoms with E-state index in [0.29, 0.717) is 17.2 Å². The fourth-order valence-electron chi connectivity index (χ4n) is 2.47. The minimum atomic E-state index is -0.00853. The Morgan fingerprint density at radius 2 is 2.00 bits per heavy atom. The van der Waals surface area contributed by atoms with E-state index in [0.717, 1.165) is 10.1 Å². The quantitative estimate of drug-likeness (QED) is 0.644. The summed E-state index contributed by atoms with van der Waals surface area (Å²) >= 11 is 2.18. The lowest BCUT2D eigenvalue weighted by molar-refractivity contribution is 0.0943. The number of nitrogens with two attached hydrogens (primary N) is 1. The van der Waals surface area contributed by atoms with Crippen LogP contribution in [0.15, 0.2) is 18.2 Å². The van der Waals surface area contributed by atoms with E-state index in [9.17, 15) is 4.79 Å². The van der Waals surface area contributed by atoms with Gasteiger partial charge in [0.05, 0.1) is 0 Å². The average molecular weight is 358 g/mol. The van der Waals surface area contributed by atoms with Crippen molar-refractivity contribution in [3.8, 4) is 0 Å². The summed E-state index contributed by atoms with van der Waals surface area (Å²) in [5, 5.41) is 3.03. The molecule has 3 N–H and O–H groups in total. The average Bonchev–Trinajstić information content (AvgIpc) is 2.36. The number of hydrogen-bond donors (Lipinski definition) is 2. The lowest BCUT2D eigenvalue weighted by Crippen LogP contribution is -2.30. The molecule has 1 aliphatic carbocycles. The van der Waals surface area contributed by atoms with Gasteiger partial charge in [0.2, 0.25) is 0 Å². The van der Waals surface area contributed by atoms with Crippen LogP contribution >= 0.6 is 22.6 Å². The first-order chi connectivity index (χ1) is 8.65. The number of carbonyl (C=O) groups is 1. The van der Waals surface area contributed by atoms with Crippen molar-refractivity contribution in [3.05, 3.63) is 27.3 Å². The lowest BCUT2D eigenvalue weighted by atomic mass is 9.89. The highest BCUT2D eigenvalue weighted by Gasteiger charge is 2.15. The van der Waals surface area contributed by atoms with Crippen molar-refractivity contribution in [2.75, 3.05) is 12.3 Å². The predicted octanol–water partition coefficient (Wildman–Crippen LogP) is 3.18. The van der Waals surface area contributed by atoms with Gasteiger partial charge < -0.3 is 11.1 Å². The van der Waals surface area contributed by atoms with Crippen LogP contribution in [0.3, 0.4) is 0 Å². The Morgan fingerprint density at radius 1 is 1.28 bits per heavy atom. The second-order valence-electron chi connectivity index (χ2n) is 4.99. The molecule has 1 aliphatic rings. The number of rotatable bonds is 3. The Bertz CT molecular complexity index is 408. The molecule has 0 unspecified atom stereocenters. The zero-order valence-electron chi connectivity index (χ0n) is 10.4. The summed E-state index contributed by atoms with van der Waals surface area (Å²) in [7, 11) is 0. The number of carbonyl (C=O) groups excluding carboxylic acids is 1. The molecule has 0 heterocycles. The molecule has 1 aromatic rings. The summed E-state index contributed by atoms with van der Waals surface area (Å²) in [6, 6.07) is 5.46. The molecule has 0 radical (unpaired) electrons. The largest absolute Gasteiger partial charge is 0.399 e. The molecule has 0 spiro atoms. The highest BCUT2D eigenvalue weighted by Crippen LogP contribution is 2.23. The maximum absolute atomic E-state index is 12.0. The SMILES string of the molecule is Nc1cc(I)cc(C(=O)NCC2CCCCC2)c1. The molecule has 1 fully saturated rings. The molecule has 0 aromatic heterocycles. The molecule has 0 aliphatic heterocycles. The number of halogens is 1. The van der Waals surface area contributed by atoms with Crippen molar-refractivity contribution in [2.24, 2.45) is 5.92 Å². The van der Waals surface area contributed by atoms with Gasteiger partial charge in [-0.2, -0.15) is 0 Å². The zero-order valence-corrected chi connectivity index (χ0v) is 12.6. The summed E-state index contributed by atoms with van der Waals surface area (Å²) in [5.74, 6) is 0.647. The van der Waals surface area contributed by atoms with Crippen molar-refractivity contribution in [2.45, 2.75) is 32.1 Å². The summed E-state index contributed by atoms with van der Waals surface area (Å²) in [6.07, 6.45) is 6.44. The Labute approximate surface area is 122 Å². The van der Waals surface area contributed by atoms with Gasteiger partial charge in [0.1, 0.15) is 0 Å². The van der Waals surface area contributed by atoms with Crippen molar-refractivity contribution >= 4 is 34.2 Å². The first-order valence-corrected chi connectivity index (χ1v) is 7.57. The Kier molecular flexibility index (Phi) is 4.86. The van der Waals surface area contributed by atoms with Gasteiger partial charge in [-0.05, 0) is 59.5 Å². The molecule has 2 rings (SSSR count). The fourth-order valence-corrected chi connectivity index (χ4v) is 3.17. The molecule has 98 valence electrons. The number of anilines is 1. The molecule has 1 amide bonds. The molecule has 1 aromatic carbocycles. The van der Waals surface area contributed by atoms with Crippen LogP contribution in [0, 0.1) is 9.49 Å². The molecule has 0 atom stereocenters. The highest BCUT2D eigenvalue weighted by atomic mass is 127. The molecular formula is C14H19IN2O. The first kappa shape index (κ1) is 13.6. The topological polar surface area (TPSA) is 55.1 Å². The number of hydrogen-bond acceptors (Lipinski definition) is 2. The third kappa shape index (κ3) is 3.86. The Hall–Kier alpha value is -0.780. The van der Waals surface area contributed by atoms with Crippen LogP contribution in [0.5, 0.6) is 0 Å². The normalized spacial score (nSPS) is 16.5. The smallest absolute Gasteiger partial charge is 0.251 e. The molecule has 3 nitrogen and oxygen atoms in total. The second-order valence-corrected chi connectivity index (χ2v) is 6.23. The summed E-state index contributed by atoms with van der Waals surface area (Å²) in [6.45, 7) is 0.796. The van der Waals surface area contributed by atoms with Gasteiger partial charge >= 0.3 is 0 Å². The maximum atomic E-state index is 12.0. The van der Waals surface area contributed by atoms with E-state index in [4.69, 9.17) is 5.73 Å². The van der Waals surface area contributed by atoms with E-state index in [1.165, 1.54) is 32.1 Å². The molecular weight excluding hydrogens is 339 g/mol. The van der Waals surface area contributed by atoms with Gasteiger partial charge in [-0.25, -0.2) is 0 Å². The molecule has 0 saturated heterocycles. The van der Waals surface area contributed by atoms with Crippen LogP contribution < -0.4 is 11.1 Å². The van der Waals surface area contributed by atoms with Crippen molar-refractivity contribution < 1.29 is 4.79 Å². The van der Waals surface area contributed by atoms with Crippen LogP contribution in [0.1, 0.15) is 42.5 Å². The van der Waals surface area contributed by atoms with Crippen molar-refractivity contribution in [1.82, 2.24) is 5.32 Å². The van der Waals surface area contributed by atoms with Gasteiger partial charge in [0.15, 0.2) is 0 Å². The lowest BCUT2D eigenvalue weighted by Gasteiger charge is -2.21. The maximum Gasteiger partial charge on any atom is 0.251 e. The monoisotopic (exact) mass is 358 g/mol. The van der Waals surface area contributed by atoms with Gasteiger partial charge in [0.25, 0.3) is 5.91 Å². The highest BCUT2D eigenvalue weighted by molar-refractivity contribution is 14.1. The van der Waals surface area contributed by atoms with Crippen LogP contribution in [0.4, 0.5) is 5.69 Å². The van der Waals surface area contributed by atoms with E-state index >= 15 is 0 Å². The van der Waals surface area contributed by atoms with Crippen LogP contribution in [0.25, 0.3) is 0 Å². The predicted molar refractivity (Wildman–Crippen MR) is 82.5 cm³/mol. The molecule has 18 heavy (non-hydrogen) atoms. The zero-order chi connectivity index (χ0) is 13.0. The van der Waals surface area contributed by atoms with E-state index in [-0.39, 0.29) is 5.91 Å².